The van der Waals surface area contributed by atoms with E-state index in [-0.39, 0.29) is 25.0 Å². The minimum absolute atomic E-state index is 0.0697. The highest BCUT2D eigenvalue weighted by Crippen LogP contribution is 2.12. The number of nitrogens with two attached hydrogens (primary N) is 2. The molecule has 1 aromatic rings. The number of phenolic OH excluding ortho intramolecular Hbond substituents is 1. The zero-order valence-corrected chi connectivity index (χ0v) is 20.7. The van der Waals surface area contributed by atoms with Gasteiger partial charge in [0.2, 0.25) is 23.6 Å². The summed E-state index contributed by atoms with van der Waals surface area (Å²) in [6.07, 6.45) is -2.67. The van der Waals surface area contributed by atoms with Crippen LogP contribution in [0.5, 0.6) is 5.75 Å². The van der Waals surface area contributed by atoms with E-state index < -0.39 is 85.0 Å². The van der Waals surface area contributed by atoms with Gasteiger partial charge in [-0.2, -0.15) is 0 Å². The molecule has 4 unspecified atom stereocenters. The molecule has 0 fully saturated rings. The molecule has 214 valence electrons. The van der Waals surface area contributed by atoms with Crippen LogP contribution in [-0.2, 0) is 40.0 Å². The summed E-state index contributed by atoms with van der Waals surface area (Å²) >= 11 is 0. The second-order valence-electron chi connectivity index (χ2n) is 8.53. The number of aromatic hydroxyl groups is 1. The number of nitrogens with one attached hydrogen (secondary N) is 3. The Hall–Kier alpha value is -4.73. The van der Waals surface area contributed by atoms with Gasteiger partial charge in [-0.05, 0) is 30.5 Å². The molecule has 0 aromatic heterocycles. The summed E-state index contributed by atoms with van der Waals surface area (Å²) in [6, 6.07) is -0.730. The number of carboxylic acids is 3. The van der Waals surface area contributed by atoms with Gasteiger partial charge >= 0.3 is 17.9 Å². The molecular weight excluding hydrogens is 522 g/mol. The molecule has 4 atom stereocenters. The first-order chi connectivity index (χ1) is 18.2. The van der Waals surface area contributed by atoms with Gasteiger partial charge in [0, 0.05) is 19.3 Å². The third-order valence-corrected chi connectivity index (χ3v) is 5.32. The summed E-state index contributed by atoms with van der Waals surface area (Å²) < 4.78 is 0. The number of hydrogen-bond acceptors (Lipinski definition) is 9. The largest absolute Gasteiger partial charge is 0.508 e. The van der Waals surface area contributed by atoms with Gasteiger partial charge in [-0.15, -0.1) is 0 Å². The average Bonchev–Trinajstić information content (AvgIpc) is 2.84. The molecule has 16 nitrogen and oxygen atoms in total. The molecule has 4 amide bonds. The van der Waals surface area contributed by atoms with E-state index in [1.54, 1.807) is 0 Å². The lowest BCUT2D eigenvalue weighted by Gasteiger charge is -2.24. The number of carbonyl (C=O) groups excluding carboxylic acids is 4. The van der Waals surface area contributed by atoms with E-state index in [1.807, 2.05) is 0 Å². The number of aliphatic carboxylic acids is 3. The van der Waals surface area contributed by atoms with Crippen molar-refractivity contribution in [3.05, 3.63) is 29.8 Å². The number of phenols is 1. The fraction of sp³-hybridized carbons (Fsp3) is 0.435. The normalized spacial score (nSPS) is 13.7. The van der Waals surface area contributed by atoms with Gasteiger partial charge in [-0.25, -0.2) is 4.79 Å². The Kier molecular flexibility index (Phi) is 12.8. The first kappa shape index (κ1) is 32.3. The first-order valence-corrected chi connectivity index (χ1v) is 11.6. The monoisotopic (exact) mass is 553 g/mol. The summed E-state index contributed by atoms with van der Waals surface area (Å²) in [6.45, 7) is 0. The van der Waals surface area contributed by atoms with Gasteiger partial charge in [0.05, 0.1) is 12.5 Å². The van der Waals surface area contributed by atoms with E-state index >= 15 is 0 Å². The van der Waals surface area contributed by atoms with Gasteiger partial charge in [-0.3, -0.25) is 28.8 Å². The third-order valence-electron chi connectivity index (χ3n) is 5.32. The molecule has 0 aliphatic rings. The Balaban J connectivity index is 3.04. The SMILES string of the molecule is NC(=O)CCC(NC(=O)C(N)CCC(=O)O)C(=O)NC(CC(=O)O)C(=O)NC(Cc1ccc(O)cc1)C(=O)O. The average molecular weight is 554 g/mol. The number of carbonyl (C=O) groups is 7. The predicted molar refractivity (Wildman–Crippen MR) is 131 cm³/mol. The molecule has 0 heterocycles. The molecule has 0 saturated heterocycles. The van der Waals surface area contributed by atoms with Crippen LogP contribution < -0.4 is 27.4 Å². The van der Waals surface area contributed by atoms with E-state index in [9.17, 15) is 48.9 Å². The lowest BCUT2D eigenvalue weighted by molar-refractivity contribution is -0.143. The number of amides is 4. The van der Waals surface area contributed by atoms with Crippen molar-refractivity contribution >= 4 is 41.5 Å². The summed E-state index contributed by atoms with van der Waals surface area (Å²) in [4.78, 5) is 83.0. The number of hydrogen-bond donors (Lipinski definition) is 9. The Bertz CT molecular complexity index is 1080. The van der Waals surface area contributed by atoms with Gasteiger partial charge in [0.1, 0.15) is 23.9 Å². The molecule has 39 heavy (non-hydrogen) atoms. The Morgan fingerprint density at radius 2 is 1.26 bits per heavy atom. The summed E-state index contributed by atoms with van der Waals surface area (Å²) in [7, 11) is 0. The molecule has 1 rings (SSSR count). The molecular formula is C23H31N5O11. The maximum Gasteiger partial charge on any atom is 0.326 e. The highest BCUT2D eigenvalue weighted by Gasteiger charge is 2.32. The number of carboxylic acid groups (broad SMARTS) is 3. The van der Waals surface area contributed by atoms with Crippen molar-refractivity contribution in [2.45, 2.75) is 62.7 Å². The van der Waals surface area contributed by atoms with Crippen molar-refractivity contribution < 1.29 is 54.0 Å². The van der Waals surface area contributed by atoms with Gasteiger partial charge in [0.25, 0.3) is 0 Å². The maximum absolute atomic E-state index is 12.9. The number of rotatable bonds is 17. The quantitative estimate of drug-likeness (QED) is 0.0960. The molecule has 0 spiro atoms. The Labute approximate surface area is 221 Å². The minimum Gasteiger partial charge on any atom is -0.508 e. The van der Waals surface area contributed by atoms with Crippen molar-refractivity contribution in [2.24, 2.45) is 11.5 Å². The van der Waals surface area contributed by atoms with Crippen LogP contribution in [-0.4, -0.2) is 86.1 Å². The molecule has 0 bridgehead atoms. The van der Waals surface area contributed by atoms with Gasteiger partial charge in [0.15, 0.2) is 0 Å². The summed E-state index contributed by atoms with van der Waals surface area (Å²) in [5, 5.41) is 43.3. The summed E-state index contributed by atoms with van der Waals surface area (Å²) in [5.41, 5.74) is 11.2. The second kappa shape index (κ2) is 15.5. The molecule has 0 aliphatic heterocycles. The zero-order chi connectivity index (χ0) is 29.7. The van der Waals surface area contributed by atoms with Crippen LogP contribution in [0.4, 0.5) is 0 Å². The number of primary amides is 1. The zero-order valence-electron chi connectivity index (χ0n) is 20.7. The molecule has 0 aliphatic carbocycles. The first-order valence-electron chi connectivity index (χ1n) is 11.6. The molecule has 11 N–H and O–H groups in total. The van der Waals surface area contributed by atoms with Gasteiger partial charge < -0.3 is 47.8 Å². The van der Waals surface area contributed by atoms with E-state index in [4.69, 9.17) is 16.6 Å². The van der Waals surface area contributed by atoms with E-state index in [1.165, 1.54) is 24.3 Å². The molecule has 16 heteroatoms. The third kappa shape index (κ3) is 12.4. The number of benzene rings is 1. The van der Waals surface area contributed by atoms with Crippen molar-refractivity contribution in [2.75, 3.05) is 0 Å². The standard InChI is InChI=1S/C23H31N5O11/c24-13(5-8-18(31)32)20(35)26-14(6-7-17(25)30)21(36)27-15(10-19(33)34)22(37)28-16(23(38)39)9-11-1-3-12(29)4-2-11/h1-4,13-16,29H,5-10,24H2,(H2,25,30)(H,26,35)(H,27,36)(H,28,37)(H,31,32)(H,33,34)(H,38,39). The minimum atomic E-state index is -1.79. The lowest BCUT2D eigenvalue weighted by Crippen LogP contribution is -2.57. The highest BCUT2D eigenvalue weighted by atomic mass is 16.4. The lowest BCUT2D eigenvalue weighted by atomic mass is 10.0. The van der Waals surface area contributed by atoms with Crippen LogP contribution in [0.25, 0.3) is 0 Å². The van der Waals surface area contributed by atoms with E-state index in [0.717, 1.165) is 0 Å². The maximum atomic E-state index is 12.9. The van der Waals surface area contributed by atoms with Crippen molar-refractivity contribution in [3.8, 4) is 5.75 Å². The van der Waals surface area contributed by atoms with E-state index in [2.05, 4.69) is 16.0 Å². The highest BCUT2D eigenvalue weighted by molar-refractivity contribution is 5.96. The van der Waals surface area contributed by atoms with Crippen LogP contribution in [0.1, 0.15) is 37.7 Å². The fourth-order valence-corrected chi connectivity index (χ4v) is 3.24. The predicted octanol–water partition coefficient (Wildman–Crippen LogP) is -2.59. The topological polar surface area (TPSA) is 289 Å². The Morgan fingerprint density at radius 1 is 0.718 bits per heavy atom. The van der Waals surface area contributed by atoms with Crippen molar-refractivity contribution in [3.63, 3.8) is 0 Å². The molecule has 1 aromatic carbocycles. The van der Waals surface area contributed by atoms with Crippen LogP contribution in [0.15, 0.2) is 24.3 Å². The van der Waals surface area contributed by atoms with Crippen LogP contribution in [0, 0.1) is 0 Å². The van der Waals surface area contributed by atoms with Crippen molar-refractivity contribution in [1.82, 2.24) is 16.0 Å². The van der Waals surface area contributed by atoms with Crippen LogP contribution >= 0.6 is 0 Å². The summed E-state index contributed by atoms with van der Waals surface area (Å²) in [5.74, 6) is -8.30. The molecule has 0 saturated carbocycles. The van der Waals surface area contributed by atoms with Crippen LogP contribution in [0.2, 0.25) is 0 Å². The molecule has 0 radical (unpaired) electrons. The Morgan fingerprint density at radius 3 is 1.77 bits per heavy atom. The van der Waals surface area contributed by atoms with Crippen LogP contribution in [0.3, 0.4) is 0 Å². The smallest absolute Gasteiger partial charge is 0.326 e. The van der Waals surface area contributed by atoms with E-state index in [0.29, 0.717) is 5.56 Å². The fourth-order valence-electron chi connectivity index (χ4n) is 3.24. The van der Waals surface area contributed by atoms with Gasteiger partial charge in [-0.1, -0.05) is 12.1 Å². The second-order valence-corrected chi connectivity index (χ2v) is 8.53. The van der Waals surface area contributed by atoms with Crippen molar-refractivity contribution in [1.29, 1.82) is 0 Å².